The van der Waals surface area contributed by atoms with Gasteiger partial charge in [-0.25, -0.2) is 0 Å². The molecule has 1 saturated carbocycles. The molecule has 0 saturated heterocycles. The molecule has 96 valence electrons. The van der Waals surface area contributed by atoms with Gasteiger partial charge >= 0.3 is 0 Å². The molecule has 1 aliphatic carbocycles. The Labute approximate surface area is 113 Å². The third kappa shape index (κ3) is 3.12. The number of nitrogens with zero attached hydrogens (tertiary/aromatic N) is 2. The normalized spacial score (nSPS) is 24.7. The van der Waals surface area contributed by atoms with Crippen LogP contribution in [0.25, 0.3) is 0 Å². The van der Waals surface area contributed by atoms with Crippen LogP contribution < -0.4 is 0 Å². The molecule has 1 aliphatic rings. The van der Waals surface area contributed by atoms with Crippen LogP contribution in [0.1, 0.15) is 57.7 Å². The van der Waals surface area contributed by atoms with E-state index in [1.54, 1.807) is 0 Å². The zero-order valence-electron chi connectivity index (χ0n) is 10.9. The Hall–Kier alpha value is -0.310. The summed E-state index contributed by atoms with van der Waals surface area (Å²) in [4.78, 5) is 0.709. The second-order valence-corrected chi connectivity index (χ2v) is 6.34. The lowest BCUT2D eigenvalue weighted by molar-refractivity contribution is 0.422. The van der Waals surface area contributed by atoms with Gasteiger partial charge in [0.1, 0.15) is 0 Å². The van der Waals surface area contributed by atoms with Crippen molar-refractivity contribution in [3.05, 3.63) is 18.0 Å². The largest absolute Gasteiger partial charge is 0.269 e. The summed E-state index contributed by atoms with van der Waals surface area (Å²) in [5.41, 5.74) is 1.27. The molecule has 0 N–H and O–H groups in total. The monoisotopic (exact) mass is 298 g/mol. The summed E-state index contributed by atoms with van der Waals surface area (Å²) >= 11 is 3.79. The molecule has 1 aromatic heterocycles. The van der Waals surface area contributed by atoms with Gasteiger partial charge in [0.15, 0.2) is 0 Å². The van der Waals surface area contributed by atoms with Gasteiger partial charge in [-0.1, -0.05) is 36.2 Å². The van der Waals surface area contributed by atoms with Crippen LogP contribution in [0.2, 0.25) is 0 Å². The Morgan fingerprint density at radius 3 is 2.76 bits per heavy atom. The lowest BCUT2D eigenvalue weighted by atomic mass is 10.0. The second kappa shape index (κ2) is 6.03. The van der Waals surface area contributed by atoms with E-state index in [2.05, 4.69) is 46.7 Å². The highest BCUT2D eigenvalue weighted by Gasteiger charge is 2.25. The van der Waals surface area contributed by atoms with Gasteiger partial charge in [0.05, 0.1) is 11.7 Å². The average Bonchev–Trinajstić information content (AvgIpc) is 2.92. The highest BCUT2D eigenvalue weighted by atomic mass is 79.9. The number of hydrogen-bond acceptors (Lipinski definition) is 1. The van der Waals surface area contributed by atoms with Crippen LogP contribution in [-0.2, 0) is 6.42 Å². The van der Waals surface area contributed by atoms with E-state index in [0.717, 1.165) is 12.3 Å². The van der Waals surface area contributed by atoms with Crippen molar-refractivity contribution in [3.8, 4) is 0 Å². The second-order valence-electron chi connectivity index (χ2n) is 5.17. The molecule has 1 fully saturated rings. The number of rotatable bonds is 5. The van der Waals surface area contributed by atoms with E-state index in [-0.39, 0.29) is 0 Å². The molecule has 0 amide bonds. The summed E-state index contributed by atoms with van der Waals surface area (Å²) in [6, 6.07) is 2.78. The number of aromatic nitrogens is 2. The zero-order valence-corrected chi connectivity index (χ0v) is 12.5. The van der Waals surface area contributed by atoms with Gasteiger partial charge in [0.25, 0.3) is 0 Å². The fourth-order valence-corrected chi connectivity index (χ4v) is 3.62. The standard InChI is InChI=1S/C14H23BrN2/c1-3-13(4-2)17-9-8-12(16-17)10-11-6-5-7-14(11)15/h8-9,11,13-14H,3-7,10H2,1-2H3. The van der Waals surface area contributed by atoms with Crippen LogP contribution in [0.3, 0.4) is 0 Å². The molecule has 0 aliphatic heterocycles. The minimum Gasteiger partial charge on any atom is -0.269 e. The molecule has 1 aromatic rings. The van der Waals surface area contributed by atoms with Gasteiger partial charge < -0.3 is 0 Å². The SMILES string of the molecule is CCC(CC)n1ccc(CC2CCCC2Br)n1. The van der Waals surface area contributed by atoms with Gasteiger partial charge in [-0.3, -0.25) is 4.68 Å². The third-order valence-electron chi connectivity index (χ3n) is 4.02. The molecule has 17 heavy (non-hydrogen) atoms. The van der Waals surface area contributed by atoms with Crippen molar-refractivity contribution in [2.24, 2.45) is 5.92 Å². The van der Waals surface area contributed by atoms with Crippen molar-refractivity contribution >= 4 is 15.9 Å². The van der Waals surface area contributed by atoms with Crippen molar-refractivity contribution < 1.29 is 0 Å². The first-order valence-corrected chi connectivity index (χ1v) is 7.84. The summed E-state index contributed by atoms with van der Waals surface area (Å²) in [5, 5.41) is 4.75. The van der Waals surface area contributed by atoms with E-state index >= 15 is 0 Å². The lowest BCUT2D eigenvalue weighted by Crippen LogP contribution is -2.12. The highest BCUT2D eigenvalue weighted by Crippen LogP contribution is 2.33. The quantitative estimate of drug-likeness (QED) is 0.739. The molecule has 0 bridgehead atoms. The van der Waals surface area contributed by atoms with Crippen LogP contribution >= 0.6 is 15.9 Å². The topological polar surface area (TPSA) is 17.8 Å². The van der Waals surface area contributed by atoms with Gasteiger partial charge in [0, 0.05) is 11.0 Å². The Morgan fingerprint density at radius 2 is 2.18 bits per heavy atom. The number of hydrogen-bond donors (Lipinski definition) is 0. The van der Waals surface area contributed by atoms with Crippen LogP contribution in [-0.4, -0.2) is 14.6 Å². The first-order valence-electron chi connectivity index (χ1n) is 6.92. The van der Waals surface area contributed by atoms with E-state index in [1.165, 1.54) is 37.8 Å². The number of alkyl halides is 1. The molecular formula is C14H23BrN2. The van der Waals surface area contributed by atoms with E-state index in [9.17, 15) is 0 Å². The van der Waals surface area contributed by atoms with Gasteiger partial charge in [-0.15, -0.1) is 0 Å². The molecule has 1 heterocycles. The Bertz CT molecular complexity index is 344. The predicted molar refractivity (Wildman–Crippen MR) is 75.6 cm³/mol. The summed E-state index contributed by atoms with van der Waals surface area (Å²) in [6.45, 7) is 4.47. The van der Waals surface area contributed by atoms with Crippen molar-refractivity contribution in [2.45, 2.75) is 63.2 Å². The summed E-state index contributed by atoms with van der Waals surface area (Å²) in [5.74, 6) is 0.792. The van der Waals surface area contributed by atoms with Crippen LogP contribution in [0.5, 0.6) is 0 Å². The molecule has 2 nitrogen and oxygen atoms in total. The van der Waals surface area contributed by atoms with E-state index in [0.29, 0.717) is 10.9 Å². The first-order chi connectivity index (χ1) is 8.24. The van der Waals surface area contributed by atoms with Crippen LogP contribution in [0, 0.1) is 5.92 Å². The molecule has 2 unspecified atom stereocenters. The van der Waals surface area contributed by atoms with Gasteiger partial charge in [0.2, 0.25) is 0 Å². The molecular weight excluding hydrogens is 276 g/mol. The first kappa shape index (κ1) is 13.1. The molecule has 0 radical (unpaired) electrons. The zero-order chi connectivity index (χ0) is 12.3. The summed E-state index contributed by atoms with van der Waals surface area (Å²) in [6.07, 6.45) is 9.69. The van der Waals surface area contributed by atoms with Crippen molar-refractivity contribution in [2.75, 3.05) is 0 Å². The Balaban J connectivity index is 1.98. The fourth-order valence-electron chi connectivity index (χ4n) is 2.84. The molecule has 3 heteroatoms. The van der Waals surface area contributed by atoms with Gasteiger partial charge in [-0.2, -0.15) is 5.10 Å². The van der Waals surface area contributed by atoms with E-state index in [1.807, 2.05) is 0 Å². The summed E-state index contributed by atoms with van der Waals surface area (Å²) < 4.78 is 2.16. The molecule has 0 spiro atoms. The fraction of sp³-hybridized carbons (Fsp3) is 0.786. The van der Waals surface area contributed by atoms with E-state index in [4.69, 9.17) is 5.10 Å². The minimum atomic E-state index is 0.576. The lowest BCUT2D eigenvalue weighted by Gasteiger charge is -2.14. The van der Waals surface area contributed by atoms with E-state index < -0.39 is 0 Å². The molecule has 0 aromatic carbocycles. The van der Waals surface area contributed by atoms with Crippen LogP contribution in [0.15, 0.2) is 12.3 Å². The smallest absolute Gasteiger partial charge is 0.0627 e. The predicted octanol–water partition coefficient (Wildman–Crippen LogP) is 4.35. The maximum absolute atomic E-state index is 4.75. The van der Waals surface area contributed by atoms with Crippen LogP contribution in [0.4, 0.5) is 0 Å². The number of halogens is 1. The summed E-state index contributed by atoms with van der Waals surface area (Å²) in [7, 11) is 0. The Morgan fingerprint density at radius 1 is 1.41 bits per heavy atom. The maximum atomic E-state index is 4.75. The molecule has 2 rings (SSSR count). The molecule has 2 atom stereocenters. The minimum absolute atomic E-state index is 0.576. The third-order valence-corrected chi connectivity index (χ3v) is 5.22. The average molecular weight is 299 g/mol. The van der Waals surface area contributed by atoms with Crippen molar-refractivity contribution in [3.63, 3.8) is 0 Å². The van der Waals surface area contributed by atoms with Gasteiger partial charge in [-0.05, 0) is 44.1 Å². The highest BCUT2D eigenvalue weighted by molar-refractivity contribution is 9.09. The Kier molecular flexibility index (Phi) is 4.66. The van der Waals surface area contributed by atoms with Crippen molar-refractivity contribution in [1.29, 1.82) is 0 Å². The van der Waals surface area contributed by atoms with Crippen molar-refractivity contribution in [1.82, 2.24) is 9.78 Å². The maximum Gasteiger partial charge on any atom is 0.0627 e.